The Morgan fingerprint density at radius 3 is 2.68 bits per heavy atom. The van der Waals surface area contributed by atoms with Gasteiger partial charge in [0.15, 0.2) is 0 Å². The molecule has 7 nitrogen and oxygen atoms in total. The molecule has 6 rings (SSSR count). The number of H-pyrrole nitrogens is 1. The SMILES string of the molecule is Cc1nc2ccc(-c3c[nH]c4nc(N5[C@@H]6CC[C@H]5C[C@@H](N)C6)n(C)c(=O)c34)c(Cl)c2s1. The Kier molecular flexibility index (Phi) is 4.22. The van der Waals surface area contributed by atoms with Gasteiger partial charge < -0.3 is 15.6 Å². The highest BCUT2D eigenvalue weighted by Gasteiger charge is 2.41. The normalized spacial score (nSPS) is 23.4. The number of fused-ring (bicyclic) bond motifs is 4. The van der Waals surface area contributed by atoms with Crippen LogP contribution in [0.25, 0.3) is 32.4 Å². The Morgan fingerprint density at radius 2 is 1.94 bits per heavy atom. The van der Waals surface area contributed by atoms with E-state index in [2.05, 4.69) is 14.9 Å². The highest BCUT2D eigenvalue weighted by atomic mass is 35.5. The molecule has 160 valence electrons. The van der Waals surface area contributed by atoms with Crippen LogP contribution in [0.4, 0.5) is 5.95 Å². The van der Waals surface area contributed by atoms with Crippen LogP contribution in [0, 0.1) is 6.92 Å². The highest BCUT2D eigenvalue weighted by molar-refractivity contribution is 7.19. The van der Waals surface area contributed by atoms with E-state index in [0.29, 0.717) is 28.1 Å². The number of benzene rings is 1. The van der Waals surface area contributed by atoms with Gasteiger partial charge in [-0.1, -0.05) is 17.7 Å². The molecule has 9 heteroatoms. The average molecular weight is 455 g/mol. The maximum atomic E-state index is 13.5. The Morgan fingerprint density at radius 1 is 1.19 bits per heavy atom. The average Bonchev–Trinajstić information content (AvgIpc) is 3.39. The first-order valence-corrected chi connectivity index (χ1v) is 11.8. The Hall–Kier alpha value is -2.42. The molecule has 2 aliphatic rings. The molecule has 2 aliphatic heterocycles. The molecule has 2 saturated heterocycles. The summed E-state index contributed by atoms with van der Waals surface area (Å²) in [6, 6.07) is 4.83. The minimum atomic E-state index is -0.0674. The topological polar surface area (TPSA) is 92.8 Å². The first-order chi connectivity index (χ1) is 14.9. The molecule has 0 aliphatic carbocycles. The summed E-state index contributed by atoms with van der Waals surface area (Å²) in [4.78, 5) is 28.5. The summed E-state index contributed by atoms with van der Waals surface area (Å²) in [6.07, 6.45) is 5.94. The van der Waals surface area contributed by atoms with Crippen LogP contribution >= 0.6 is 22.9 Å². The molecule has 0 radical (unpaired) electrons. The fourth-order valence-electron chi connectivity index (χ4n) is 5.42. The molecule has 0 amide bonds. The molecule has 0 unspecified atom stereocenters. The minimum Gasteiger partial charge on any atom is -0.345 e. The molecule has 4 aromatic rings. The van der Waals surface area contributed by atoms with Gasteiger partial charge in [0, 0.05) is 42.5 Å². The van der Waals surface area contributed by atoms with E-state index in [9.17, 15) is 4.79 Å². The van der Waals surface area contributed by atoms with Crippen LogP contribution in [0.1, 0.15) is 30.7 Å². The van der Waals surface area contributed by atoms with Gasteiger partial charge in [0.1, 0.15) is 5.65 Å². The molecule has 2 fully saturated rings. The molecule has 0 saturated carbocycles. The highest BCUT2D eigenvalue weighted by Crippen LogP contribution is 2.41. The molecular weight excluding hydrogens is 432 g/mol. The lowest BCUT2D eigenvalue weighted by Crippen LogP contribution is -2.49. The lowest BCUT2D eigenvalue weighted by Gasteiger charge is -2.38. The number of nitrogens with zero attached hydrogens (tertiary/aromatic N) is 4. The van der Waals surface area contributed by atoms with Crippen molar-refractivity contribution in [3.05, 3.63) is 38.7 Å². The first-order valence-electron chi connectivity index (χ1n) is 10.6. The summed E-state index contributed by atoms with van der Waals surface area (Å²) in [5.74, 6) is 0.727. The van der Waals surface area contributed by atoms with Gasteiger partial charge in [-0.15, -0.1) is 11.3 Å². The van der Waals surface area contributed by atoms with Gasteiger partial charge >= 0.3 is 0 Å². The fraction of sp³-hybridized carbons (Fsp3) is 0.409. The van der Waals surface area contributed by atoms with Crippen LogP contribution in [0.3, 0.4) is 0 Å². The van der Waals surface area contributed by atoms with Crippen LogP contribution < -0.4 is 16.2 Å². The summed E-state index contributed by atoms with van der Waals surface area (Å²) < 4.78 is 2.62. The summed E-state index contributed by atoms with van der Waals surface area (Å²) in [5.41, 5.74) is 9.24. The lowest BCUT2D eigenvalue weighted by molar-refractivity contribution is 0.405. The van der Waals surface area contributed by atoms with E-state index in [4.69, 9.17) is 22.3 Å². The number of nitrogens with one attached hydrogen (secondary N) is 1. The monoisotopic (exact) mass is 454 g/mol. The van der Waals surface area contributed by atoms with Crippen LogP contribution in [-0.4, -0.2) is 37.6 Å². The third-order valence-electron chi connectivity index (χ3n) is 6.78. The van der Waals surface area contributed by atoms with Crippen molar-refractivity contribution < 1.29 is 0 Å². The van der Waals surface area contributed by atoms with E-state index in [1.54, 1.807) is 15.9 Å². The summed E-state index contributed by atoms with van der Waals surface area (Å²) in [6.45, 7) is 1.97. The van der Waals surface area contributed by atoms with Gasteiger partial charge in [-0.2, -0.15) is 4.98 Å². The fourth-order valence-corrected chi connectivity index (χ4v) is 6.65. The van der Waals surface area contributed by atoms with Crippen LogP contribution in [0.5, 0.6) is 0 Å². The van der Waals surface area contributed by atoms with E-state index in [-0.39, 0.29) is 11.6 Å². The number of halogens is 1. The zero-order chi connectivity index (χ0) is 21.4. The predicted octanol–water partition coefficient (Wildman–Crippen LogP) is 3.96. The third kappa shape index (κ3) is 2.78. The zero-order valence-electron chi connectivity index (χ0n) is 17.4. The number of thiazole rings is 1. The van der Waals surface area contributed by atoms with Gasteiger partial charge in [-0.3, -0.25) is 9.36 Å². The van der Waals surface area contributed by atoms with Crippen LogP contribution in [0.2, 0.25) is 5.02 Å². The quantitative estimate of drug-likeness (QED) is 0.478. The lowest BCUT2D eigenvalue weighted by atomic mass is 9.98. The summed E-state index contributed by atoms with van der Waals surface area (Å²) in [5, 5.41) is 2.15. The van der Waals surface area contributed by atoms with Crippen molar-refractivity contribution in [2.75, 3.05) is 4.90 Å². The molecule has 5 heterocycles. The number of anilines is 1. The van der Waals surface area contributed by atoms with Gasteiger partial charge in [0.25, 0.3) is 5.56 Å². The molecule has 0 spiro atoms. The first kappa shape index (κ1) is 19.3. The smallest absolute Gasteiger partial charge is 0.264 e. The number of rotatable bonds is 2. The number of aromatic amines is 1. The molecule has 3 N–H and O–H groups in total. The van der Waals surface area contributed by atoms with Crippen LogP contribution in [0.15, 0.2) is 23.1 Å². The van der Waals surface area contributed by atoms with Crippen molar-refractivity contribution in [1.82, 2.24) is 19.5 Å². The number of nitrogens with two attached hydrogens (primary N) is 1. The van der Waals surface area contributed by atoms with E-state index < -0.39 is 0 Å². The summed E-state index contributed by atoms with van der Waals surface area (Å²) in [7, 11) is 1.81. The minimum absolute atomic E-state index is 0.0674. The largest absolute Gasteiger partial charge is 0.345 e. The standard InChI is InChI=1S/C22H23ClN6OS/c1-10-26-16-6-5-14(18(23)19(16)31-10)15-9-25-20-17(15)21(30)28(2)22(27-20)29-12-3-4-13(29)8-11(24)7-12/h5-6,9,11-13,25H,3-4,7-8,24H2,1-2H3/t11-,12+,13-. The number of hydrogen-bond acceptors (Lipinski definition) is 6. The van der Waals surface area contributed by atoms with Gasteiger partial charge in [0.05, 0.1) is 25.6 Å². The predicted molar refractivity (Wildman–Crippen MR) is 126 cm³/mol. The second-order valence-corrected chi connectivity index (χ2v) is 10.3. The van der Waals surface area contributed by atoms with Crippen molar-refractivity contribution in [1.29, 1.82) is 0 Å². The molecular formula is C22H23ClN6OS. The summed E-state index contributed by atoms with van der Waals surface area (Å²) >= 11 is 8.32. The van der Waals surface area contributed by atoms with E-state index in [0.717, 1.165) is 58.0 Å². The number of aromatic nitrogens is 4. The van der Waals surface area contributed by atoms with Gasteiger partial charge in [-0.05, 0) is 38.7 Å². The van der Waals surface area contributed by atoms with E-state index in [1.165, 1.54) is 0 Å². The molecule has 31 heavy (non-hydrogen) atoms. The molecule has 3 aromatic heterocycles. The van der Waals surface area contributed by atoms with Crippen LogP contribution in [-0.2, 0) is 7.05 Å². The van der Waals surface area contributed by atoms with E-state index in [1.807, 2.05) is 32.3 Å². The Balaban J connectivity index is 1.52. The number of aryl methyl sites for hydroxylation is 1. The molecule has 1 aromatic carbocycles. The Labute approximate surface area is 187 Å². The maximum absolute atomic E-state index is 13.5. The Bertz CT molecular complexity index is 1390. The van der Waals surface area contributed by atoms with Crippen molar-refractivity contribution in [3.8, 4) is 11.1 Å². The second-order valence-electron chi connectivity index (χ2n) is 8.73. The molecule has 3 atom stereocenters. The van der Waals surface area contributed by atoms with E-state index >= 15 is 0 Å². The zero-order valence-corrected chi connectivity index (χ0v) is 18.9. The number of hydrogen-bond donors (Lipinski definition) is 2. The molecule has 2 bridgehead atoms. The van der Waals surface area contributed by atoms with Crippen molar-refractivity contribution in [2.24, 2.45) is 12.8 Å². The van der Waals surface area contributed by atoms with Crippen molar-refractivity contribution in [3.63, 3.8) is 0 Å². The third-order valence-corrected chi connectivity index (χ3v) is 8.29. The number of piperidine rings is 1. The van der Waals surface area contributed by atoms with Gasteiger partial charge in [-0.25, -0.2) is 4.98 Å². The second kappa shape index (κ2) is 6.79. The van der Waals surface area contributed by atoms with Crippen molar-refractivity contribution in [2.45, 2.75) is 50.7 Å². The van der Waals surface area contributed by atoms with Gasteiger partial charge in [0.2, 0.25) is 5.95 Å². The maximum Gasteiger partial charge on any atom is 0.264 e. The van der Waals surface area contributed by atoms with Crippen molar-refractivity contribution >= 4 is 50.1 Å².